The number of thiazole rings is 1. The van der Waals surface area contributed by atoms with Crippen LogP contribution in [-0.4, -0.2) is 17.6 Å². The molecule has 0 aromatic carbocycles. The minimum Gasteiger partial charge on any atom is -0.346 e. The number of anilines is 1. The summed E-state index contributed by atoms with van der Waals surface area (Å²) in [4.78, 5) is 8.61. The molecule has 1 aromatic rings. The van der Waals surface area contributed by atoms with Crippen LogP contribution in [0.4, 0.5) is 5.13 Å². The van der Waals surface area contributed by atoms with Gasteiger partial charge in [0.2, 0.25) is 0 Å². The lowest BCUT2D eigenvalue weighted by Gasteiger charge is -2.25. The van der Waals surface area contributed by atoms with Crippen LogP contribution in [0.2, 0.25) is 0 Å². The van der Waals surface area contributed by atoms with E-state index < -0.39 is 0 Å². The highest BCUT2D eigenvalue weighted by Crippen LogP contribution is 2.36. The quantitative estimate of drug-likeness (QED) is 0.896. The van der Waals surface area contributed by atoms with Crippen molar-refractivity contribution in [3.8, 4) is 0 Å². The van der Waals surface area contributed by atoms with E-state index >= 15 is 0 Å². The summed E-state index contributed by atoms with van der Waals surface area (Å²) in [6, 6.07) is 0.679. The van der Waals surface area contributed by atoms with Gasteiger partial charge in [-0.25, -0.2) is 4.98 Å². The fourth-order valence-corrected chi connectivity index (χ4v) is 3.71. The second-order valence-corrected chi connectivity index (χ2v) is 6.15. The number of aromatic nitrogens is 1. The van der Waals surface area contributed by atoms with Gasteiger partial charge in [-0.1, -0.05) is 6.92 Å². The van der Waals surface area contributed by atoms with E-state index in [1.165, 1.54) is 22.9 Å². The van der Waals surface area contributed by atoms with Crippen LogP contribution < -0.4 is 10.6 Å². The van der Waals surface area contributed by atoms with Crippen molar-refractivity contribution in [3.63, 3.8) is 0 Å². The predicted molar refractivity (Wildman–Crippen MR) is 74.8 cm³/mol. The fraction of sp³-hybridized carbons (Fsp3) is 0.769. The van der Waals surface area contributed by atoms with E-state index in [0.717, 1.165) is 25.1 Å². The van der Waals surface area contributed by atoms with Gasteiger partial charge in [0.1, 0.15) is 0 Å². The number of nitrogens with zero attached hydrogens (tertiary/aromatic N) is 2. The molecule has 1 heterocycles. The number of aryl methyl sites for hydroxylation is 1. The standard InChI is InChI=1S/C13H23N3S/c1-4-8-16(9(2)3)13-15-12-10(14)6-5-7-11(12)17-13/h9-10H,4-8,14H2,1-3H3. The van der Waals surface area contributed by atoms with Gasteiger partial charge in [-0.05, 0) is 39.5 Å². The molecule has 1 aliphatic carbocycles. The second-order valence-electron chi connectivity index (χ2n) is 5.09. The third kappa shape index (κ3) is 2.63. The smallest absolute Gasteiger partial charge is 0.186 e. The Balaban J connectivity index is 2.26. The molecule has 0 fully saturated rings. The molecule has 0 amide bonds. The zero-order valence-corrected chi connectivity index (χ0v) is 11.9. The van der Waals surface area contributed by atoms with Gasteiger partial charge in [0, 0.05) is 23.5 Å². The Labute approximate surface area is 108 Å². The summed E-state index contributed by atoms with van der Waals surface area (Å²) in [5.74, 6) is 0. The lowest BCUT2D eigenvalue weighted by Crippen LogP contribution is -2.31. The SMILES string of the molecule is CCCN(c1nc2c(s1)CCCC2N)C(C)C. The Morgan fingerprint density at radius 2 is 2.29 bits per heavy atom. The highest BCUT2D eigenvalue weighted by molar-refractivity contribution is 7.15. The van der Waals surface area contributed by atoms with Crippen LogP contribution in [0.15, 0.2) is 0 Å². The van der Waals surface area contributed by atoms with Crippen LogP contribution >= 0.6 is 11.3 Å². The van der Waals surface area contributed by atoms with Gasteiger partial charge in [-0.2, -0.15) is 0 Å². The van der Waals surface area contributed by atoms with Crippen LogP contribution in [-0.2, 0) is 6.42 Å². The zero-order chi connectivity index (χ0) is 12.4. The Bertz CT molecular complexity index is 373. The van der Waals surface area contributed by atoms with Crippen molar-refractivity contribution in [2.45, 2.75) is 58.5 Å². The molecule has 2 rings (SSSR count). The average Bonchev–Trinajstić information content (AvgIpc) is 2.70. The van der Waals surface area contributed by atoms with E-state index in [1.807, 2.05) is 11.3 Å². The highest BCUT2D eigenvalue weighted by Gasteiger charge is 2.24. The van der Waals surface area contributed by atoms with Crippen LogP contribution in [0.25, 0.3) is 0 Å². The molecule has 0 bridgehead atoms. The van der Waals surface area contributed by atoms with Crippen LogP contribution in [0.5, 0.6) is 0 Å². The zero-order valence-electron chi connectivity index (χ0n) is 11.1. The molecule has 0 aliphatic heterocycles. The topological polar surface area (TPSA) is 42.2 Å². The number of hydrogen-bond acceptors (Lipinski definition) is 4. The van der Waals surface area contributed by atoms with Gasteiger partial charge in [-0.3, -0.25) is 0 Å². The molecule has 96 valence electrons. The van der Waals surface area contributed by atoms with Crippen LogP contribution in [0.1, 0.15) is 56.6 Å². The van der Waals surface area contributed by atoms with E-state index in [4.69, 9.17) is 10.7 Å². The third-order valence-corrected chi connectivity index (χ3v) is 4.49. The normalized spacial score (nSPS) is 19.5. The van der Waals surface area contributed by atoms with E-state index in [-0.39, 0.29) is 6.04 Å². The Kier molecular flexibility index (Phi) is 4.05. The minimum absolute atomic E-state index is 0.166. The van der Waals surface area contributed by atoms with Crippen molar-refractivity contribution in [1.82, 2.24) is 4.98 Å². The van der Waals surface area contributed by atoms with E-state index in [1.54, 1.807) is 0 Å². The first kappa shape index (κ1) is 12.8. The number of nitrogens with two attached hydrogens (primary N) is 1. The Morgan fingerprint density at radius 3 is 2.88 bits per heavy atom. The maximum Gasteiger partial charge on any atom is 0.186 e. The van der Waals surface area contributed by atoms with Crippen molar-refractivity contribution >= 4 is 16.5 Å². The Morgan fingerprint density at radius 1 is 1.53 bits per heavy atom. The van der Waals surface area contributed by atoms with E-state index in [9.17, 15) is 0 Å². The molecule has 1 aliphatic rings. The number of rotatable bonds is 4. The molecular weight excluding hydrogens is 230 g/mol. The maximum absolute atomic E-state index is 6.14. The first-order valence-corrected chi connectivity index (χ1v) is 7.47. The molecule has 17 heavy (non-hydrogen) atoms. The average molecular weight is 253 g/mol. The fourth-order valence-electron chi connectivity index (χ4n) is 2.38. The van der Waals surface area contributed by atoms with Crippen molar-refractivity contribution in [2.75, 3.05) is 11.4 Å². The number of hydrogen-bond donors (Lipinski definition) is 1. The van der Waals surface area contributed by atoms with Gasteiger partial charge < -0.3 is 10.6 Å². The molecule has 3 nitrogen and oxygen atoms in total. The molecule has 1 unspecified atom stereocenters. The molecule has 0 spiro atoms. The van der Waals surface area contributed by atoms with Crippen molar-refractivity contribution in [2.24, 2.45) is 5.73 Å². The van der Waals surface area contributed by atoms with Gasteiger partial charge in [-0.15, -0.1) is 11.3 Å². The second kappa shape index (κ2) is 5.36. The first-order chi connectivity index (χ1) is 8.13. The summed E-state index contributed by atoms with van der Waals surface area (Å²) >= 11 is 1.85. The summed E-state index contributed by atoms with van der Waals surface area (Å²) in [5.41, 5.74) is 7.30. The van der Waals surface area contributed by atoms with Crippen LogP contribution in [0, 0.1) is 0 Å². The summed E-state index contributed by atoms with van der Waals surface area (Å²) in [5, 5.41) is 1.17. The van der Waals surface area contributed by atoms with Gasteiger partial charge in [0.15, 0.2) is 5.13 Å². The summed E-state index contributed by atoms with van der Waals surface area (Å²) in [7, 11) is 0. The first-order valence-electron chi connectivity index (χ1n) is 6.65. The Hall–Kier alpha value is -0.610. The molecule has 2 N–H and O–H groups in total. The molecule has 0 saturated carbocycles. The molecule has 0 radical (unpaired) electrons. The predicted octanol–water partition coefficient (Wildman–Crippen LogP) is 3.10. The van der Waals surface area contributed by atoms with E-state index in [2.05, 4.69) is 25.7 Å². The highest BCUT2D eigenvalue weighted by atomic mass is 32.1. The lowest BCUT2D eigenvalue weighted by atomic mass is 9.99. The molecule has 1 aromatic heterocycles. The van der Waals surface area contributed by atoms with Crippen molar-refractivity contribution in [3.05, 3.63) is 10.6 Å². The molecule has 4 heteroatoms. The van der Waals surface area contributed by atoms with Crippen LogP contribution in [0.3, 0.4) is 0 Å². The lowest BCUT2D eigenvalue weighted by molar-refractivity contribution is 0.562. The largest absolute Gasteiger partial charge is 0.346 e. The van der Waals surface area contributed by atoms with Gasteiger partial charge >= 0.3 is 0 Å². The minimum atomic E-state index is 0.166. The van der Waals surface area contributed by atoms with Crippen molar-refractivity contribution < 1.29 is 0 Å². The molecule has 1 atom stereocenters. The van der Waals surface area contributed by atoms with Gasteiger partial charge in [0.05, 0.1) is 5.69 Å². The monoisotopic (exact) mass is 253 g/mol. The molecular formula is C13H23N3S. The summed E-state index contributed by atoms with van der Waals surface area (Å²) in [6.07, 6.45) is 4.63. The van der Waals surface area contributed by atoms with Crippen molar-refractivity contribution in [1.29, 1.82) is 0 Å². The van der Waals surface area contributed by atoms with E-state index in [0.29, 0.717) is 6.04 Å². The summed E-state index contributed by atoms with van der Waals surface area (Å²) in [6.45, 7) is 7.76. The van der Waals surface area contributed by atoms with Gasteiger partial charge in [0.25, 0.3) is 0 Å². The third-order valence-electron chi connectivity index (χ3n) is 3.32. The summed E-state index contributed by atoms with van der Waals surface area (Å²) < 4.78 is 0. The molecule has 0 saturated heterocycles. The number of fused-ring (bicyclic) bond motifs is 1. The maximum atomic E-state index is 6.14.